The minimum atomic E-state index is -0.133. The van der Waals surface area contributed by atoms with Gasteiger partial charge in [0, 0.05) is 23.5 Å². The number of aryl methyl sites for hydroxylation is 1. The second kappa shape index (κ2) is 8.34. The van der Waals surface area contributed by atoms with Gasteiger partial charge < -0.3 is 14.8 Å². The molecule has 0 saturated carbocycles. The monoisotopic (exact) mass is 442 g/mol. The standard InChI is InChI=1S/C24H22N6O3/c1-14-22-19(15-4-8-17(32-2)9-5-15)12-21(31)27-23(22)30(29-14)24-26-20(13-25-28-24)16-6-10-18(33-3)11-7-16/h4-11,13,19H,12H2,1-3H3,(H,27,31)/t19-/m1/s1. The fraction of sp³-hybridized carbons (Fsp3) is 0.208. The molecule has 1 aliphatic heterocycles. The van der Waals surface area contributed by atoms with Crippen molar-refractivity contribution in [2.45, 2.75) is 19.3 Å². The average molecular weight is 442 g/mol. The predicted molar refractivity (Wildman–Crippen MR) is 122 cm³/mol. The maximum atomic E-state index is 12.6. The van der Waals surface area contributed by atoms with Gasteiger partial charge in [-0.15, -0.1) is 5.10 Å². The molecular weight excluding hydrogens is 420 g/mol. The molecule has 0 fully saturated rings. The minimum Gasteiger partial charge on any atom is -0.497 e. The molecule has 0 saturated heterocycles. The van der Waals surface area contributed by atoms with E-state index in [9.17, 15) is 4.79 Å². The maximum absolute atomic E-state index is 12.6. The van der Waals surface area contributed by atoms with Crippen LogP contribution in [0.25, 0.3) is 17.2 Å². The van der Waals surface area contributed by atoms with Crippen molar-refractivity contribution >= 4 is 11.7 Å². The van der Waals surface area contributed by atoms with Gasteiger partial charge in [-0.3, -0.25) is 4.79 Å². The number of carbonyl (C=O) groups is 1. The lowest BCUT2D eigenvalue weighted by Gasteiger charge is -2.24. The van der Waals surface area contributed by atoms with Crippen LogP contribution in [0.3, 0.4) is 0 Å². The van der Waals surface area contributed by atoms with Crippen LogP contribution in [0.5, 0.6) is 11.5 Å². The molecule has 0 radical (unpaired) electrons. The molecule has 9 heteroatoms. The molecule has 9 nitrogen and oxygen atoms in total. The molecule has 33 heavy (non-hydrogen) atoms. The fourth-order valence-corrected chi connectivity index (χ4v) is 4.10. The Balaban J connectivity index is 1.56. The van der Waals surface area contributed by atoms with Gasteiger partial charge in [0.25, 0.3) is 5.95 Å². The summed E-state index contributed by atoms with van der Waals surface area (Å²) in [7, 11) is 3.25. The van der Waals surface area contributed by atoms with E-state index in [-0.39, 0.29) is 17.8 Å². The number of benzene rings is 2. The second-order valence-corrected chi connectivity index (χ2v) is 7.71. The SMILES string of the molecule is COc1ccc(-c2cnnc(-n3nc(C)c4c3NC(=O)C[C@@H]4c3ccc(OC)cc3)n2)cc1. The molecule has 5 rings (SSSR count). The first-order valence-corrected chi connectivity index (χ1v) is 10.4. The van der Waals surface area contributed by atoms with Crippen LogP contribution in [0, 0.1) is 6.92 Å². The van der Waals surface area contributed by atoms with Crippen LogP contribution in [-0.2, 0) is 4.79 Å². The summed E-state index contributed by atoms with van der Waals surface area (Å²) in [4.78, 5) is 17.3. The summed E-state index contributed by atoms with van der Waals surface area (Å²) in [5, 5.41) is 15.9. The molecular formula is C24H22N6O3. The van der Waals surface area contributed by atoms with E-state index >= 15 is 0 Å². The third kappa shape index (κ3) is 3.78. The largest absolute Gasteiger partial charge is 0.497 e. The Kier molecular flexibility index (Phi) is 5.21. The quantitative estimate of drug-likeness (QED) is 0.504. The molecule has 4 aromatic rings. The molecule has 2 aromatic heterocycles. The molecule has 1 N–H and O–H groups in total. The lowest BCUT2D eigenvalue weighted by Crippen LogP contribution is -2.25. The number of anilines is 1. The van der Waals surface area contributed by atoms with E-state index in [0.717, 1.165) is 33.9 Å². The number of methoxy groups -OCH3 is 2. The van der Waals surface area contributed by atoms with Gasteiger partial charge in [0.15, 0.2) is 0 Å². The predicted octanol–water partition coefficient (Wildman–Crippen LogP) is 3.52. The highest BCUT2D eigenvalue weighted by atomic mass is 16.5. The number of hydrogen-bond acceptors (Lipinski definition) is 7. The number of carbonyl (C=O) groups excluding carboxylic acids is 1. The number of hydrogen-bond donors (Lipinski definition) is 1. The third-order valence-corrected chi connectivity index (χ3v) is 5.74. The Bertz CT molecular complexity index is 1320. The summed E-state index contributed by atoms with van der Waals surface area (Å²) >= 11 is 0. The zero-order chi connectivity index (χ0) is 22.9. The highest BCUT2D eigenvalue weighted by Gasteiger charge is 2.33. The Labute approximate surface area is 190 Å². The van der Waals surface area contributed by atoms with Crippen molar-refractivity contribution in [2.75, 3.05) is 19.5 Å². The van der Waals surface area contributed by atoms with Crippen molar-refractivity contribution in [1.29, 1.82) is 0 Å². The van der Waals surface area contributed by atoms with E-state index in [4.69, 9.17) is 9.47 Å². The molecule has 0 aliphatic carbocycles. The number of fused-ring (bicyclic) bond motifs is 1. The van der Waals surface area contributed by atoms with Crippen molar-refractivity contribution in [2.24, 2.45) is 0 Å². The van der Waals surface area contributed by atoms with E-state index in [1.807, 2.05) is 55.5 Å². The lowest BCUT2D eigenvalue weighted by molar-refractivity contribution is -0.116. The van der Waals surface area contributed by atoms with Crippen LogP contribution in [0.1, 0.15) is 29.2 Å². The first kappa shape index (κ1) is 20.6. The zero-order valence-corrected chi connectivity index (χ0v) is 18.4. The topological polar surface area (TPSA) is 104 Å². The van der Waals surface area contributed by atoms with Crippen LogP contribution in [-0.4, -0.2) is 45.1 Å². The van der Waals surface area contributed by atoms with Crippen LogP contribution >= 0.6 is 0 Å². The summed E-state index contributed by atoms with van der Waals surface area (Å²) in [5.74, 6) is 2.14. The van der Waals surface area contributed by atoms with E-state index in [1.165, 1.54) is 0 Å². The van der Waals surface area contributed by atoms with Gasteiger partial charge in [-0.05, 0) is 48.9 Å². The van der Waals surface area contributed by atoms with Gasteiger partial charge in [0.2, 0.25) is 5.91 Å². The summed E-state index contributed by atoms with van der Waals surface area (Å²) in [6, 6.07) is 15.3. The first-order valence-electron chi connectivity index (χ1n) is 10.4. The number of nitrogens with zero attached hydrogens (tertiary/aromatic N) is 5. The van der Waals surface area contributed by atoms with Gasteiger partial charge >= 0.3 is 0 Å². The maximum Gasteiger partial charge on any atom is 0.272 e. The van der Waals surface area contributed by atoms with Crippen LogP contribution in [0.15, 0.2) is 54.7 Å². The van der Waals surface area contributed by atoms with E-state index in [0.29, 0.717) is 17.9 Å². The Morgan fingerprint density at radius 1 is 1.00 bits per heavy atom. The van der Waals surface area contributed by atoms with Gasteiger partial charge in [-0.2, -0.15) is 14.9 Å². The molecule has 3 heterocycles. The first-order chi connectivity index (χ1) is 16.1. The Hall–Kier alpha value is -4.27. The van der Waals surface area contributed by atoms with E-state index in [2.05, 4.69) is 25.6 Å². The van der Waals surface area contributed by atoms with E-state index in [1.54, 1.807) is 25.1 Å². The number of amides is 1. The van der Waals surface area contributed by atoms with Crippen molar-refractivity contribution in [1.82, 2.24) is 25.0 Å². The van der Waals surface area contributed by atoms with Crippen LogP contribution < -0.4 is 14.8 Å². The highest BCUT2D eigenvalue weighted by molar-refractivity contribution is 5.95. The normalized spacial score (nSPS) is 15.0. The van der Waals surface area contributed by atoms with Gasteiger partial charge in [-0.1, -0.05) is 12.1 Å². The average Bonchev–Trinajstić information content (AvgIpc) is 3.19. The molecule has 2 aromatic carbocycles. The summed E-state index contributed by atoms with van der Waals surface area (Å²) in [6.07, 6.45) is 1.92. The lowest BCUT2D eigenvalue weighted by atomic mass is 9.86. The van der Waals surface area contributed by atoms with Crippen LogP contribution in [0.2, 0.25) is 0 Å². The molecule has 166 valence electrons. The highest BCUT2D eigenvalue weighted by Crippen LogP contribution is 2.40. The molecule has 1 aliphatic rings. The fourth-order valence-electron chi connectivity index (χ4n) is 4.10. The number of ether oxygens (including phenoxy) is 2. The Morgan fingerprint density at radius 2 is 1.67 bits per heavy atom. The minimum absolute atomic E-state index is 0.0938. The second-order valence-electron chi connectivity index (χ2n) is 7.71. The van der Waals surface area contributed by atoms with Gasteiger partial charge in [0.1, 0.15) is 17.3 Å². The van der Waals surface area contributed by atoms with E-state index < -0.39 is 0 Å². The summed E-state index contributed by atoms with van der Waals surface area (Å²) in [5.41, 5.74) is 4.26. The molecule has 0 spiro atoms. The molecule has 1 atom stereocenters. The molecule has 1 amide bonds. The van der Waals surface area contributed by atoms with Crippen molar-refractivity contribution < 1.29 is 14.3 Å². The van der Waals surface area contributed by atoms with Crippen LogP contribution in [0.4, 0.5) is 5.82 Å². The molecule has 0 bridgehead atoms. The van der Waals surface area contributed by atoms with Crippen molar-refractivity contribution in [3.05, 3.63) is 71.5 Å². The number of nitrogens with one attached hydrogen (secondary N) is 1. The van der Waals surface area contributed by atoms with Gasteiger partial charge in [0.05, 0.1) is 31.8 Å². The summed E-state index contributed by atoms with van der Waals surface area (Å²) in [6.45, 7) is 1.92. The smallest absolute Gasteiger partial charge is 0.272 e. The Morgan fingerprint density at radius 3 is 2.33 bits per heavy atom. The van der Waals surface area contributed by atoms with Crippen molar-refractivity contribution in [3.8, 4) is 28.7 Å². The zero-order valence-electron chi connectivity index (χ0n) is 18.4. The number of aromatic nitrogens is 5. The summed E-state index contributed by atoms with van der Waals surface area (Å²) < 4.78 is 12.0. The van der Waals surface area contributed by atoms with Crippen molar-refractivity contribution in [3.63, 3.8) is 0 Å². The van der Waals surface area contributed by atoms with Gasteiger partial charge in [-0.25, -0.2) is 4.98 Å². The molecule has 0 unspecified atom stereocenters. The third-order valence-electron chi connectivity index (χ3n) is 5.74. The number of rotatable bonds is 5.